The molecule has 4 saturated carbocycles. The zero-order valence-electron chi connectivity index (χ0n) is 38.6. The van der Waals surface area contributed by atoms with Gasteiger partial charge in [0.05, 0.1) is 56.3 Å². The highest BCUT2D eigenvalue weighted by molar-refractivity contribution is 8.00. The average molecular weight is 933 g/mol. The van der Waals surface area contributed by atoms with E-state index in [2.05, 4.69) is 33.5 Å². The van der Waals surface area contributed by atoms with E-state index in [9.17, 15) is 34.2 Å². The van der Waals surface area contributed by atoms with E-state index in [0.717, 1.165) is 82.0 Å². The quantitative estimate of drug-likeness (QED) is 0.0394. The highest BCUT2D eigenvalue weighted by atomic mass is 32.2. The third-order valence-corrected chi connectivity index (χ3v) is 18.3. The summed E-state index contributed by atoms with van der Waals surface area (Å²) in [5.41, 5.74) is 5.30. The van der Waals surface area contributed by atoms with E-state index in [1.54, 1.807) is 6.08 Å². The number of esters is 1. The van der Waals surface area contributed by atoms with Crippen LogP contribution in [-0.4, -0.2) is 146 Å². The first kappa shape index (κ1) is 49.9. The van der Waals surface area contributed by atoms with Gasteiger partial charge >= 0.3 is 12.0 Å². The minimum atomic E-state index is -1.15. The van der Waals surface area contributed by atoms with Gasteiger partial charge in [-0.05, 0) is 99.9 Å². The lowest BCUT2D eigenvalue weighted by atomic mass is 9.39. The Bertz CT molecular complexity index is 1740. The lowest BCUT2D eigenvalue weighted by Crippen LogP contribution is -2.78. The Morgan fingerprint density at radius 1 is 0.877 bits per heavy atom. The molecule has 3 aliphatic heterocycles. The first-order valence-corrected chi connectivity index (χ1v) is 25.5. The van der Waals surface area contributed by atoms with Crippen molar-refractivity contribution in [2.45, 2.75) is 157 Å². The highest BCUT2D eigenvalue weighted by Gasteiger charge is 2.75. The van der Waals surface area contributed by atoms with Gasteiger partial charge in [-0.15, -0.1) is 0 Å². The van der Waals surface area contributed by atoms with E-state index in [0.29, 0.717) is 83.4 Å². The molecule has 0 aromatic rings. The summed E-state index contributed by atoms with van der Waals surface area (Å²) in [6.07, 6.45) is 12.2. The fraction of sp³-hybridized carbons (Fsp3) is 0.851. The van der Waals surface area contributed by atoms with Crippen molar-refractivity contribution in [3.63, 3.8) is 0 Å². The normalized spacial score (nSPS) is 36.9. The second-order valence-electron chi connectivity index (χ2n) is 20.3. The molecule has 12 atom stereocenters. The predicted octanol–water partition coefficient (Wildman–Crippen LogP) is 2.35. The van der Waals surface area contributed by atoms with Gasteiger partial charge in [-0.3, -0.25) is 14.4 Å². The van der Waals surface area contributed by atoms with Crippen molar-refractivity contribution in [1.29, 1.82) is 0 Å². The molecule has 366 valence electrons. The third-order valence-electron chi connectivity index (χ3n) is 16.8. The average Bonchev–Trinajstić information content (AvgIpc) is 4.04. The van der Waals surface area contributed by atoms with Gasteiger partial charge in [0.25, 0.3) is 0 Å². The van der Waals surface area contributed by atoms with Crippen LogP contribution in [-0.2, 0) is 38.1 Å². The van der Waals surface area contributed by atoms with Gasteiger partial charge in [0.15, 0.2) is 0 Å². The van der Waals surface area contributed by atoms with Crippen LogP contribution in [0.1, 0.15) is 117 Å². The van der Waals surface area contributed by atoms with Gasteiger partial charge in [0.1, 0.15) is 13.2 Å². The number of unbranched alkanes of at least 4 members (excludes halogenated alkanes) is 3. The molecule has 65 heavy (non-hydrogen) atoms. The first-order chi connectivity index (χ1) is 31.2. The van der Waals surface area contributed by atoms with Crippen LogP contribution >= 0.6 is 11.8 Å². The smallest absolute Gasteiger partial charge is 0.331 e. The summed E-state index contributed by atoms with van der Waals surface area (Å²) in [7, 11) is 0. The van der Waals surface area contributed by atoms with Crippen molar-refractivity contribution < 1.29 is 53.1 Å². The molecule has 5 amide bonds. The van der Waals surface area contributed by atoms with Crippen molar-refractivity contribution in [2.75, 3.05) is 65.0 Å². The van der Waals surface area contributed by atoms with Gasteiger partial charge in [-0.25, -0.2) is 9.59 Å². The standard InChI is InChI=1S/C47H76N6O11S/c1-44-15-13-32(25-31(44)11-12-36-46(44,48)26-37(54)45(2)33(14-16-47(36,45)60)30-24-41(58)64-27-30)63-28-40(57)49-17-7-3-4-9-38(55)50-18-20-61-22-23-62-21-19-51-39(56)10-6-5-8-35-42-34(29-65-35)52-43(59)53-42/h24,31-37,42,54,60H,3-23,25-29,48H2,1-2H3,(H,49,57)(H,50,55)(H,51,56)(H2,52,53,59)/t31-,32+,33-,34+,35+,36-,37-,42+,44+,45+,46-,47+/m1/s1. The maximum absolute atomic E-state index is 12.7. The summed E-state index contributed by atoms with van der Waals surface area (Å²) in [6, 6.07) is 0.355. The van der Waals surface area contributed by atoms with Crippen LogP contribution in [0.5, 0.6) is 0 Å². The lowest BCUT2D eigenvalue weighted by molar-refractivity contribution is -0.254. The van der Waals surface area contributed by atoms with E-state index in [-0.39, 0.29) is 84.3 Å². The molecule has 17 nitrogen and oxygen atoms in total. The number of hydrogen-bond donors (Lipinski definition) is 8. The molecule has 6 fully saturated rings. The zero-order valence-corrected chi connectivity index (χ0v) is 39.5. The zero-order chi connectivity index (χ0) is 46.2. The summed E-state index contributed by atoms with van der Waals surface area (Å²) in [4.78, 5) is 60.5. The fourth-order valence-electron chi connectivity index (χ4n) is 13.0. The predicted molar refractivity (Wildman–Crippen MR) is 243 cm³/mol. The molecule has 2 saturated heterocycles. The number of nitrogens with one attached hydrogen (secondary N) is 5. The number of aliphatic hydroxyl groups excluding tert-OH is 1. The van der Waals surface area contributed by atoms with Crippen LogP contribution in [0.4, 0.5) is 4.79 Å². The largest absolute Gasteiger partial charge is 0.458 e. The number of hydrogen-bond acceptors (Lipinski definition) is 13. The third kappa shape index (κ3) is 11.0. The number of carbonyl (C=O) groups is 5. The van der Waals surface area contributed by atoms with Crippen molar-refractivity contribution in [2.24, 2.45) is 34.3 Å². The molecule has 9 N–H and O–H groups in total. The molecule has 0 aromatic heterocycles. The molecule has 4 aliphatic carbocycles. The van der Waals surface area contributed by atoms with Crippen molar-refractivity contribution in [1.82, 2.24) is 26.6 Å². The van der Waals surface area contributed by atoms with Gasteiger partial charge < -0.3 is 61.5 Å². The number of rotatable bonds is 24. The molecule has 7 aliphatic rings. The second kappa shape index (κ2) is 22.0. The number of carbonyl (C=O) groups excluding carboxylic acids is 5. The molecule has 0 bridgehead atoms. The summed E-state index contributed by atoms with van der Waals surface area (Å²) in [5.74, 6) is 0.348. The van der Waals surface area contributed by atoms with Crippen molar-refractivity contribution in [3.05, 3.63) is 11.6 Å². The van der Waals surface area contributed by atoms with Crippen LogP contribution in [0.2, 0.25) is 0 Å². The van der Waals surface area contributed by atoms with E-state index in [1.165, 1.54) is 0 Å². The molecule has 0 aromatic carbocycles. The monoisotopic (exact) mass is 933 g/mol. The maximum Gasteiger partial charge on any atom is 0.331 e. The first-order valence-electron chi connectivity index (χ1n) is 24.5. The number of cyclic esters (lactones) is 1. The second-order valence-corrected chi connectivity index (χ2v) is 21.6. The Labute approximate surface area is 388 Å². The number of ether oxygens (including phenoxy) is 4. The Balaban J connectivity index is 0.665. The molecular formula is C47H76N6O11S. The van der Waals surface area contributed by atoms with Crippen LogP contribution in [0, 0.1) is 28.6 Å². The SMILES string of the molecule is C[C@]12[C@H](O)C[C@@]3(N)[C@@H](CC[C@@H]4C[C@@H](OCC(=O)NCCCCCC(=O)NCCOCCOCCNC(=O)CCCC[C@@H]5SC[C@@H]6NC(=O)N[C@@H]65)CC[C@@]43C)[C@@]1(O)CC[C@@H]2C1=CC(=O)OC1. The summed E-state index contributed by atoms with van der Waals surface area (Å²) >= 11 is 1.89. The number of fused-ring (bicyclic) bond motifs is 6. The van der Waals surface area contributed by atoms with Crippen LogP contribution in [0.3, 0.4) is 0 Å². The van der Waals surface area contributed by atoms with E-state index >= 15 is 0 Å². The maximum atomic E-state index is 12.7. The number of urea groups is 1. The van der Waals surface area contributed by atoms with E-state index in [1.807, 2.05) is 18.7 Å². The molecule has 7 rings (SSSR count). The van der Waals surface area contributed by atoms with Gasteiger partial charge in [0, 0.05) is 66.4 Å². The summed E-state index contributed by atoms with van der Waals surface area (Å²) in [5, 5.41) is 39.5. The molecule has 0 spiro atoms. The van der Waals surface area contributed by atoms with Crippen molar-refractivity contribution in [3.8, 4) is 0 Å². The minimum Gasteiger partial charge on any atom is -0.458 e. The number of nitrogens with two attached hydrogens (primary N) is 1. The topological polar surface area (TPSA) is 249 Å². The Kier molecular flexibility index (Phi) is 16.9. The minimum absolute atomic E-state index is 0.00956. The fourth-order valence-corrected chi connectivity index (χ4v) is 14.5. The molecule has 0 unspecified atom stereocenters. The molecular weight excluding hydrogens is 857 g/mol. The van der Waals surface area contributed by atoms with Gasteiger partial charge in [-0.1, -0.05) is 26.7 Å². The van der Waals surface area contributed by atoms with Crippen LogP contribution in [0.25, 0.3) is 0 Å². The molecule has 3 heterocycles. The Morgan fingerprint density at radius 2 is 1.58 bits per heavy atom. The molecule has 18 heteroatoms. The Hall–Kier alpha value is -3.00. The van der Waals surface area contributed by atoms with E-state index < -0.39 is 22.7 Å². The van der Waals surface area contributed by atoms with Crippen molar-refractivity contribution >= 4 is 41.5 Å². The Morgan fingerprint density at radius 3 is 2.29 bits per heavy atom. The van der Waals surface area contributed by atoms with E-state index in [4.69, 9.17) is 24.7 Å². The highest BCUT2D eigenvalue weighted by Crippen LogP contribution is 2.70. The van der Waals surface area contributed by atoms with Gasteiger partial charge in [0.2, 0.25) is 17.7 Å². The van der Waals surface area contributed by atoms with Gasteiger partial charge in [-0.2, -0.15) is 11.8 Å². The summed E-state index contributed by atoms with van der Waals surface area (Å²) < 4.78 is 22.5. The van der Waals surface area contributed by atoms with Crippen LogP contribution in [0.15, 0.2) is 11.6 Å². The number of amides is 5. The summed E-state index contributed by atoms with van der Waals surface area (Å²) in [6.45, 7) is 7.40. The molecule has 0 radical (unpaired) electrons. The van der Waals surface area contributed by atoms with Crippen LogP contribution < -0.4 is 32.3 Å². The number of thioether (sulfide) groups is 1. The lowest BCUT2D eigenvalue weighted by Gasteiger charge is -2.69. The number of aliphatic hydroxyl groups is 2.